The highest BCUT2D eigenvalue weighted by Gasteiger charge is 2.12. The quantitative estimate of drug-likeness (QED) is 0.513. The smallest absolute Gasteiger partial charge is 0.314 e. The normalized spacial score (nSPS) is 12.0. The molecular formula is C16H20N2O2S2. The Balaban J connectivity index is 1.73. The van der Waals surface area contributed by atoms with Crippen LogP contribution in [0.1, 0.15) is 11.0 Å². The predicted molar refractivity (Wildman–Crippen MR) is 95.7 cm³/mol. The molecule has 1 aromatic carbocycles. The Labute approximate surface area is 138 Å². The van der Waals surface area contributed by atoms with Gasteiger partial charge in [0.2, 0.25) is 0 Å². The maximum absolute atomic E-state index is 11.6. The SMILES string of the molecule is C=CCSCCNC(=O)NCC(O)c1cc2ccccc2s1. The van der Waals surface area contributed by atoms with Crippen LogP contribution in [0.5, 0.6) is 0 Å². The molecule has 4 nitrogen and oxygen atoms in total. The molecule has 1 atom stereocenters. The molecule has 2 amide bonds. The van der Waals surface area contributed by atoms with Crippen molar-refractivity contribution in [1.29, 1.82) is 0 Å². The second-order valence-corrected chi connectivity index (χ2v) is 6.97. The van der Waals surface area contributed by atoms with Gasteiger partial charge in [0.05, 0.1) is 6.54 Å². The fraction of sp³-hybridized carbons (Fsp3) is 0.312. The monoisotopic (exact) mass is 336 g/mol. The first-order valence-electron chi connectivity index (χ1n) is 7.07. The predicted octanol–water partition coefficient (Wildman–Crippen LogP) is 3.15. The van der Waals surface area contributed by atoms with E-state index in [-0.39, 0.29) is 12.6 Å². The van der Waals surface area contributed by atoms with Gasteiger partial charge < -0.3 is 15.7 Å². The van der Waals surface area contributed by atoms with Gasteiger partial charge in [0.15, 0.2) is 0 Å². The van der Waals surface area contributed by atoms with Crippen LogP contribution in [-0.4, -0.2) is 35.7 Å². The van der Waals surface area contributed by atoms with E-state index in [0.717, 1.165) is 26.5 Å². The largest absolute Gasteiger partial charge is 0.386 e. The van der Waals surface area contributed by atoms with Crippen molar-refractivity contribution in [3.8, 4) is 0 Å². The molecule has 22 heavy (non-hydrogen) atoms. The minimum atomic E-state index is -0.682. The van der Waals surface area contributed by atoms with Crippen LogP contribution in [0.15, 0.2) is 43.0 Å². The topological polar surface area (TPSA) is 61.4 Å². The Morgan fingerprint density at radius 3 is 3.00 bits per heavy atom. The van der Waals surface area contributed by atoms with Crippen LogP contribution in [0.2, 0.25) is 0 Å². The number of benzene rings is 1. The number of fused-ring (bicyclic) bond motifs is 1. The molecule has 0 fully saturated rings. The van der Waals surface area contributed by atoms with E-state index in [1.807, 2.05) is 36.4 Å². The molecule has 0 saturated heterocycles. The molecule has 3 N–H and O–H groups in total. The maximum atomic E-state index is 11.6. The maximum Gasteiger partial charge on any atom is 0.314 e. The van der Waals surface area contributed by atoms with Crippen molar-refractivity contribution in [2.75, 3.05) is 24.6 Å². The zero-order valence-corrected chi connectivity index (χ0v) is 13.9. The van der Waals surface area contributed by atoms with E-state index in [2.05, 4.69) is 17.2 Å². The van der Waals surface area contributed by atoms with E-state index in [4.69, 9.17) is 0 Å². The van der Waals surface area contributed by atoms with Gasteiger partial charge in [-0.2, -0.15) is 11.8 Å². The van der Waals surface area contributed by atoms with Crippen LogP contribution in [0, 0.1) is 0 Å². The second kappa shape index (κ2) is 8.82. The first kappa shape index (κ1) is 16.9. The zero-order valence-electron chi connectivity index (χ0n) is 12.2. The van der Waals surface area contributed by atoms with Crippen LogP contribution in [0.25, 0.3) is 10.1 Å². The second-order valence-electron chi connectivity index (χ2n) is 4.70. The molecule has 1 unspecified atom stereocenters. The number of amides is 2. The molecule has 0 bridgehead atoms. The van der Waals surface area contributed by atoms with Crippen LogP contribution >= 0.6 is 23.1 Å². The summed E-state index contributed by atoms with van der Waals surface area (Å²) in [5.74, 6) is 1.73. The molecule has 2 aromatic rings. The molecular weight excluding hydrogens is 316 g/mol. The Morgan fingerprint density at radius 2 is 2.23 bits per heavy atom. The fourth-order valence-electron chi connectivity index (χ4n) is 1.92. The Bertz CT molecular complexity index is 594. The minimum Gasteiger partial charge on any atom is -0.386 e. The van der Waals surface area contributed by atoms with Crippen LogP contribution in [0.4, 0.5) is 4.79 Å². The number of thioether (sulfide) groups is 1. The molecule has 1 aromatic heterocycles. The highest BCUT2D eigenvalue weighted by molar-refractivity contribution is 7.99. The fourth-order valence-corrected chi connectivity index (χ4v) is 3.55. The summed E-state index contributed by atoms with van der Waals surface area (Å²) in [5, 5.41) is 16.7. The lowest BCUT2D eigenvalue weighted by atomic mass is 10.2. The highest BCUT2D eigenvalue weighted by atomic mass is 32.2. The summed E-state index contributed by atoms with van der Waals surface area (Å²) < 4.78 is 1.14. The van der Waals surface area contributed by atoms with Crippen molar-refractivity contribution >= 4 is 39.2 Å². The van der Waals surface area contributed by atoms with Gasteiger partial charge in [0.1, 0.15) is 6.10 Å². The number of carbonyl (C=O) groups is 1. The van der Waals surface area contributed by atoms with Gasteiger partial charge in [-0.1, -0.05) is 24.3 Å². The van der Waals surface area contributed by atoms with Gasteiger partial charge in [-0.05, 0) is 17.5 Å². The molecule has 0 radical (unpaired) electrons. The molecule has 0 aliphatic carbocycles. The van der Waals surface area contributed by atoms with Gasteiger partial charge in [-0.25, -0.2) is 4.79 Å². The Hall–Kier alpha value is -1.50. The third-order valence-electron chi connectivity index (χ3n) is 3.00. The average Bonchev–Trinajstić information content (AvgIpc) is 2.96. The van der Waals surface area contributed by atoms with Crippen molar-refractivity contribution < 1.29 is 9.90 Å². The van der Waals surface area contributed by atoms with Crippen molar-refractivity contribution in [2.45, 2.75) is 6.10 Å². The lowest BCUT2D eigenvalue weighted by molar-refractivity contribution is 0.176. The molecule has 118 valence electrons. The van der Waals surface area contributed by atoms with Gasteiger partial charge in [0.25, 0.3) is 0 Å². The van der Waals surface area contributed by atoms with E-state index in [1.165, 1.54) is 0 Å². The van der Waals surface area contributed by atoms with E-state index in [1.54, 1.807) is 23.1 Å². The molecule has 6 heteroatoms. The van der Waals surface area contributed by atoms with Gasteiger partial charge >= 0.3 is 6.03 Å². The summed E-state index contributed by atoms with van der Waals surface area (Å²) in [7, 11) is 0. The average molecular weight is 336 g/mol. The third kappa shape index (κ3) is 5.05. The van der Waals surface area contributed by atoms with E-state index in [9.17, 15) is 9.90 Å². The highest BCUT2D eigenvalue weighted by Crippen LogP contribution is 2.29. The lowest BCUT2D eigenvalue weighted by Gasteiger charge is -2.11. The number of aliphatic hydroxyl groups excluding tert-OH is 1. The number of thiophene rings is 1. The summed E-state index contributed by atoms with van der Waals surface area (Å²) in [6.07, 6.45) is 1.16. The number of hydrogen-bond acceptors (Lipinski definition) is 4. The number of hydrogen-bond donors (Lipinski definition) is 3. The number of rotatable bonds is 8. The van der Waals surface area contributed by atoms with Crippen molar-refractivity contribution in [1.82, 2.24) is 10.6 Å². The minimum absolute atomic E-state index is 0.207. The van der Waals surface area contributed by atoms with E-state index in [0.29, 0.717) is 6.54 Å². The number of nitrogens with one attached hydrogen (secondary N) is 2. The van der Waals surface area contributed by atoms with E-state index < -0.39 is 6.10 Å². The van der Waals surface area contributed by atoms with Crippen LogP contribution < -0.4 is 10.6 Å². The summed E-state index contributed by atoms with van der Waals surface area (Å²) in [4.78, 5) is 12.5. The lowest BCUT2D eigenvalue weighted by Crippen LogP contribution is -2.38. The summed E-state index contributed by atoms with van der Waals surface area (Å²) in [6.45, 7) is 4.45. The summed E-state index contributed by atoms with van der Waals surface area (Å²) in [6, 6.07) is 9.71. The first-order chi connectivity index (χ1) is 10.7. The van der Waals surface area contributed by atoms with Crippen LogP contribution in [0.3, 0.4) is 0 Å². The first-order valence-corrected chi connectivity index (χ1v) is 9.04. The van der Waals surface area contributed by atoms with Crippen molar-refractivity contribution in [3.63, 3.8) is 0 Å². The zero-order chi connectivity index (χ0) is 15.8. The van der Waals surface area contributed by atoms with Crippen LogP contribution in [-0.2, 0) is 0 Å². The number of carbonyl (C=O) groups excluding carboxylic acids is 1. The molecule has 2 rings (SSSR count). The molecule has 0 saturated carbocycles. The molecule has 0 aliphatic rings. The van der Waals surface area contributed by atoms with Gasteiger partial charge in [-0.3, -0.25) is 0 Å². The molecule has 0 spiro atoms. The van der Waals surface area contributed by atoms with Gasteiger partial charge in [-0.15, -0.1) is 17.9 Å². The molecule has 0 aliphatic heterocycles. The third-order valence-corrected chi connectivity index (χ3v) is 5.18. The van der Waals surface area contributed by atoms with Crippen molar-refractivity contribution in [2.24, 2.45) is 0 Å². The number of urea groups is 1. The standard InChI is InChI=1S/C16H20N2O2S2/c1-2-8-21-9-7-17-16(20)18-11-13(19)15-10-12-5-3-4-6-14(12)22-15/h2-6,10,13,19H,1,7-9,11H2,(H2,17,18,20). The summed E-state index contributed by atoms with van der Waals surface area (Å²) in [5.41, 5.74) is 0. The van der Waals surface area contributed by atoms with E-state index >= 15 is 0 Å². The number of aliphatic hydroxyl groups is 1. The summed E-state index contributed by atoms with van der Waals surface area (Å²) >= 11 is 3.26. The van der Waals surface area contributed by atoms with Gasteiger partial charge in [0, 0.05) is 27.6 Å². The molecule has 1 heterocycles. The Kier molecular flexibility index (Phi) is 6.76. The Morgan fingerprint density at radius 1 is 1.41 bits per heavy atom. The van der Waals surface area contributed by atoms with Crippen molar-refractivity contribution in [3.05, 3.63) is 47.9 Å².